The number of hydrogen-bond donors (Lipinski definition) is 1. The molecule has 1 heterocycles. The molecule has 1 aliphatic heterocycles. The summed E-state index contributed by atoms with van der Waals surface area (Å²) in [7, 11) is 0. The highest BCUT2D eigenvalue weighted by molar-refractivity contribution is 5.81. The van der Waals surface area contributed by atoms with Crippen molar-refractivity contribution in [1.29, 1.82) is 0 Å². The van der Waals surface area contributed by atoms with E-state index in [9.17, 15) is 4.79 Å². The first kappa shape index (κ1) is 8.75. The third kappa shape index (κ3) is 0.850. The van der Waals surface area contributed by atoms with Gasteiger partial charge in [0.05, 0.1) is 0 Å². The number of carbonyl (C=O) groups is 1. The van der Waals surface area contributed by atoms with E-state index in [0.29, 0.717) is 5.41 Å². The standard InChI is InChI=1S/C12H19NO/c1-11(2)12(7-10(14)13-11)6-8-3-4-9(12)5-8/h8-9H,3-7H2,1-2H3,(H,13,14). The first-order valence-corrected chi connectivity index (χ1v) is 5.84. The fourth-order valence-electron chi connectivity index (χ4n) is 4.45. The summed E-state index contributed by atoms with van der Waals surface area (Å²) < 4.78 is 0. The zero-order valence-electron chi connectivity index (χ0n) is 9.10. The molecule has 1 amide bonds. The van der Waals surface area contributed by atoms with Crippen molar-refractivity contribution >= 4 is 5.91 Å². The van der Waals surface area contributed by atoms with Crippen LogP contribution in [-0.2, 0) is 4.79 Å². The molecule has 0 radical (unpaired) electrons. The molecule has 1 N–H and O–H groups in total. The van der Waals surface area contributed by atoms with Crippen LogP contribution in [0.3, 0.4) is 0 Å². The van der Waals surface area contributed by atoms with Gasteiger partial charge in [-0.3, -0.25) is 4.79 Å². The van der Waals surface area contributed by atoms with Gasteiger partial charge in [0.2, 0.25) is 5.91 Å². The van der Waals surface area contributed by atoms with Crippen molar-refractivity contribution in [3.63, 3.8) is 0 Å². The van der Waals surface area contributed by atoms with E-state index in [1.165, 1.54) is 25.7 Å². The molecule has 3 fully saturated rings. The predicted octanol–water partition coefficient (Wildman–Crippen LogP) is 2.09. The van der Waals surface area contributed by atoms with Crippen LogP contribution in [-0.4, -0.2) is 11.4 Å². The Morgan fingerprint density at radius 1 is 1.36 bits per heavy atom. The minimum absolute atomic E-state index is 0.0456. The average Bonchev–Trinajstić information content (AvgIpc) is 2.65. The van der Waals surface area contributed by atoms with E-state index in [1.807, 2.05) is 0 Å². The zero-order chi connectivity index (χ0) is 9.97. The fourth-order valence-corrected chi connectivity index (χ4v) is 4.45. The topological polar surface area (TPSA) is 29.1 Å². The number of rotatable bonds is 0. The van der Waals surface area contributed by atoms with Gasteiger partial charge in [0.1, 0.15) is 0 Å². The van der Waals surface area contributed by atoms with E-state index in [2.05, 4.69) is 19.2 Å². The Labute approximate surface area is 85.4 Å². The minimum atomic E-state index is 0.0456. The molecule has 3 rings (SSSR count). The largest absolute Gasteiger partial charge is 0.351 e. The highest BCUT2D eigenvalue weighted by Gasteiger charge is 2.62. The third-order valence-corrected chi connectivity index (χ3v) is 5.15. The quantitative estimate of drug-likeness (QED) is 0.627. The summed E-state index contributed by atoms with van der Waals surface area (Å²) in [4.78, 5) is 11.6. The Hall–Kier alpha value is -0.530. The van der Waals surface area contributed by atoms with Crippen LogP contribution >= 0.6 is 0 Å². The highest BCUT2D eigenvalue weighted by Crippen LogP contribution is 2.63. The fraction of sp³-hybridized carbons (Fsp3) is 0.917. The molecule has 3 aliphatic rings. The molecule has 0 aromatic carbocycles. The van der Waals surface area contributed by atoms with Crippen LogP contribution in [0.4, 0.5) is 0 Å². The van der Waals surface area contributed by atoms with Crippen molar-refractivity contribution in [3.05, 3.63) is 0 Å². The molecule has 3 unspecified atom stereocenters. The lowest BCUT2D eigenvalue weighted by Gasteiger charge is -2.43. The van der Waals surface area contributed by atoms with Crippen LogP contribution in [0.1, 0.15) is 46.0 Å². The number of hydrogen-bond acceptors (Lipinski definition) is 1. The maximum absolute atomic E-state index is 11.6. The van der Waals surface area contributed by atoms with Crippen molar-refractivity contribution in [1.82, 2.24) is 5.32 Å². The average molecular weight is 193 g/mol. The van der Waals surface area contributed by atoms with Gasteiger partial charge in [-0.15, -0.1) is 0 Å². The summed E-state index contributed by atoms with van der Waals surface area (Å²) in [5, 5.41) is 3.17. The van der Waals surface area contributed by atoms with Gasteiger partial charge >= 0.3 is 0 Å². The smallest absolute Gasteiger partial charge is 0.221 e. The van der Waals surface area contributed by atoms with Crippen molar-refractivity contribution in [3.8, 4) is 0 Å². The molecule has 2 bridgehead atoms. The van der Waals surface area contributed by atoms with Gasteiger partial charge in [0.25, 0.3) is 0 Å². The van der Waals surface area contributed by atoms with Crippen molar-refractivity contribution in [2.24, 2.45) is 17.3 Å². The van der Waals surface area contributed by atoms with Crippen LogP contribution < -0.4 is 5.32 Å². The molecule has 2 heteroatoms. The van der Waals surface area contributed by atoms with Crippen molar-refractivity contribution in [2.75, 3.05) is 0 Å². The lowest BCUT2D eigenvalue weighted by molar-refractivity contribution is -0.120. The van der Waals surface area contributed by atoms with Crippen LogP contribution in [0, 0.1) is 17.3 Å². The molecular weight excluding hydrogens is 174 g/mol. The van der Waals surface area contributed by atoms with Crippen molar-refractivity contribution < 1.29 is 4.79 Å². The maximum Gasteiger partial charge on any atom is 0.221 e. The normalized spacial score (nSPS) is 48.9. The molecule has 2 saturated carbocycles. The maximum atomic E-state index is 11.6. The van der Waals surface area contributed by atoms with E-state index in [-0.39, 0.29) is 11.4 Å². The molecule has 2 nitrogen and oxygen atoms in total. The van der Waals surface area contributed by atoms with Gasteiger partial charge in [0, 0.05) is 17.4 Å². The number of fused-ring (bicyclic) bond motifs is 3. The zero-order valence-corrected chi connectivity index (χ0v) is 9.10. The summed E-state index contributed by atoms with van der Waals surface area (Å²) >= 11 is 0. The monoisotopic (exact) mass is 193 g/mol. The van der Waals surface area contributed by atoms with Crippen LogP contribution in [0.2, 0.25) is 0 Å². The summed E-state index contributed by atoms with van der Waals surface area (Å²) in [6.07, 6.45) is 6.25. The molecular formula is C12H19NO. The SMILES string of the molecule is CC1(C)NC(=O)CC12CC1CCC2C1. The Morgan fingerprint density at radius 3 is 2.57 bits per heavy atom. The predicted molar refractivity (Wildman–Crippen MR) is 54.7 cm³/mol. The van der Waals surface area contributed by atoms with Gasteiger partial charge in [-0.25, -0.2) is 0 Å². The molecule has 3 atom stereocenters. The number of amides is 1. The van der Waals surface area contributed by atoms with Crippen molar-refractivity contribution in [2.45, 2.75) is 51.5 Å². The number of carbonyl (C=O) groups excluding carboxylic acids is 1. The molecule has 78 valence electrons. The highest BCUT2D eigenvalue weighted by atomic mass is 16.2. The lowest BCUT2D eigenvalue weighted by atomic mass is 9.62. The van der Waals surface area contributed by atoms with Gasteiger partial charge in [-0.2, -0.15) is 0 Å². The van der Waals surface area contributed by atoms with E-state index in [4.69, 9.17) is 0 Å². The van der Waals surface area contributed by atoms with Gasteiger partial charge < -0.3 is 5.32 Å². The Morgan fingerprint density at radius 2 is 2.14 bits per heavy atom. The lowest BCUT2D eigenvalue weighted by Crippen LogP contribution is -2.49. The van der Waals surface area contributed by atoms with Crippen LogP contribution in [0.15, 0.2) is 0 Å². The van der Waals surface area contributed by atoms with E-state index < -0.39 is 0 Å². The summed E-state index contributed by atoms with van der Waals surface area (Å²) in [6, 6.07) is 0. The Kier molecular flexibility index (Phi) is 1.46. The molecule has 1 saturated heterocycles. The summed E-state index contributed by atoms with van der Waals surface area (Å²) in [6.45, 7) is 4.44. The second-order valence-electron chi connectivity index (χ2n) is 6.09. The second kappa shape index (κ2) is 2.34. The number of nitrogens with one attached hydrogen (secondary N) is 1. The van der Waals surface area contributed by atoms with E-state index >= 15 is 0 Å². The molecule has 0 aromatic rings. The first-order valence-electron chi connectivity index (χ1n) is 5.84. The summed E-state index contributed by atoms with van der Waals surface area (Å²) in [5.74, 6) is 2.02. The Balaban J connectivity index is 2.00. The minimum Gasteiger partial charge on any atom is -0.351 e. The van der Waals surface area contributed by atoms with Crippen LogP contribution in [0.25, 0.3) is 0 Å². The molecule has 0 aromatic heterocycles. The van der Waals surface area contributed by atoms with Gasteiger partial charge in [-0.1, -0.05) is 6.42 Å². The van der Waals surface area contributed by atoms with Crippen LogP contribution in [0.5, 0.6) is 0 Å². The second-order valence-corrected chi connectivity index (χ2v) is 6.09. The first-order chi connectivity index (χ1) is 6.53. The summed E-state index contributed by atoms with van der Waals surface area (Å²) in [5.41, 5.74) is 0.358. The Bertz CT molecular complexity index is 297. The molecule has 1 spiro atoms. The van der Waals surface area contributed by atoms with Gasteiger partial charge in [-0.05, 0) is 44.9 Å². The van der Waals surface area contributed by atoms with Gasteiger partial charge in [0.15, 0.2) is 0 Å². The van der Waals surface area contributed by atoms with E-state index in [0.717, 1.165) is 18.3 Å². The van der Waals surface area contributed by atoms with E-state index in [1.54, 1.807) is 0 Å². The molecule has 2 aliphatic carbocycles. The molecule has 14 heavy (non-hydrogen) atoms. The third-order valence-electron chi connectivity index (χ3n) is 5.15.